The Bertz CT molecular complexity index is 446. The maximum atomic E-state index is 11.6. The van der Waals surface area contributed by atoms with Crippen molar-refractivity contribution in [3.63, 3.8) is 0 Å². The van der Waals surface area contributed by atoms with Gasteiger partial charge in [-0.3, -0.25) is 9.59 Å². The molecule has 0 radical (unpaired) electrons. The van der Waals surface area contributed by atoms with E-state index in [2.05, 4.69) is 15.9 Å². The molecule has 1 aromatic carbocycles. The van der Waals surface area contributed by atoms with Crippen LogP contribution < -0.4 is 4.74 Å². The lowest BCUT2D eigenvalue weighted by Crippen LogP contribution is -2.15. The maximum absolute atomic E-state index is 11.6. The van der Waals surface area contributed by atoms with Crippen LogP contribution >= 0.6 is 39.1 Å². The zero-order chi connectivity index (χ0) is 12.3. The first kappa shape index (κ1) is 13.5. The molecule has 0 N–H and O–H groups in total. The fraction of sp³-hybridized carbons (Fsp3) is 0.200. The van der Waals surface area contributed by atoms with Crippen LogP contribution in [-0.4, -0.2) is 24.0 Å². The fourth-order valence-corrected chi connectivity index (χ4v) is 1.80. The Morgan fingerprint density at radius 3 is 2.44 bits per heavy atom. The van der Waals surface area contributed by atoms with Crippen LogP contribution in [0.3, 0.4) is 0 Å². The van der Waals surface area contributed by atoms with Gasteiger partial charge < -0.3 is 4.74 Å². The highest BCUT2D eigenvalue weighted by Crippen LogP contribution is 2.31. The molecule has 86 valence electrons. The lowest BCUT2D eigenvalue weighted by atomic mass is 10.1. The summed E-state index contributed by atoms with van der Waals surface area (Å²) in [6.07, 6.45) is 0. The van der Waals surface area contributed by atoms with Crippen molar-refractivity contribution in [2.24, 2.45) is 0 Å². The molecule has 1 aromatic rings. The Morgan fingerprint density at radius 1 is 1.31 bits per heavy atom. The molecular formula is C10H7BrCl2O3. The summed E-state index contributed by atoms with van der Waals surface area (Å²) in [6, 6.07) is 2.73. The predicted molar refractivity (Wildman–Crippen MR) is 66.1 cm³/mol. The van der Waals surface area contributed by atoms with E-state index in [1.54, 1.807) is 0 Å². The van der Waals surface area contributed by atoms with Crippen LogP contribution in [0.4, 0.5) is 0 Å². The zero-order valence-electron chi connectivity index (χ0n) is 8.22. The minimum absolute atomic E-state index is 0.0498. The second kappa shape index (κ2) is 5.66. The number of Topliss-reactive ketones (excluding diaryl/α,β-unsaturated/α-hetero) is 2. The molecule has 1 rings (SSSR count). The van der Waals surface area contributed by atoms with E-state index in [4.69, 9.17) is 27.9 Å². The molecule has 0 amide bonds. The lowest BCUT2D eigenvalue weighted by Gasteiger charge is -2.07. The van der Waals surface area contributed by atoms with Gasteiger partial charge in [0.15, 0.2) is 0 Å². The number of ketones is 2. The number of ether oxygens (including phenoxy) is 1. The van der Waals surface area contributed by atoms with Crippen LogP contribution in [0.2, 0.25) is 10.0 Å². The molecule has 0 fully saturated rings. The SMILES string of the molecule is COc1cc(Cl)c(C(=O)C(=O)CBr)cc1Cl. The number of carbonyl (C=O) groups is 2. The molecule has 3 nitrogen and oxygen atoms in total. The summed E-state index contributed by atoms with van der Waals surface area (Å²) >= 11 is 14.6. The molecule has 0 aliphatic carbocycles. The topological polar surface area (TPSA) is 43.4 Å². The standard InChI is InChI=1S/C10H7BrCl2O3/c1-16-9-3-6(12)5(2-7(9)13)10(15)8(14)4-11/h2-3H,4H2,1H3. The molecule has 0 spiro atoms. The van der Waals surface area contributed by atoms with Crippen molar-refractivity contribution >= 4 is 50.7 Å². The summed E-state index contributed by atoms with van der Waals surface area (Å²) in [6.45, 7) is 0. The highest BCUT2D eigenvalue weighted by atomic mass is 79.9. The monoisotopic (exact) mass is 324 g/mol. The van der Waals surface area contributed by atoms with Gasteiger partial charge in [-0.15, -0.1) is 0 Å². The number of benzene rings is 1. The van der Waals surface area contributed by atoms with Crippen molar-refractivity contribution in [1.82, 2.24) is 0 Å². The number of rotatable bonds is 4. The van der Waals surface area contributed by atoms with E-state index in [9.17, 15) is 9.59 Å². The first-order valence-corrected chi connectivity index (χ1v) is 6.05. The lowest BCUT2D eigenvalue weighted by molar-refractivity contribution is -0.112. The Morgan fingerprint density at radius 2 is 1.94 bits per heavy atom. The van der Waals surface area contributed by atoms with Crippen LogP contribution in [0.15, 0.2) is 12.1 Å². The summed E-state index contributed by atoms with van der Waals surface area (Å²) < 4.78 is 4.93. The summed E-state index contributed by atoms with van der Waals surface area (Å²) in [5.41, 5.74) is 0.0805. The van der Waals surface area contributed by atoms with Gasteiger partial charge in [0, 0.05) is 11.6 Å². The zero-order valence-corrected chi connectivity index (χ0v) is 11.3. The van der Waals surface area contributed by atoms with Gasteiger partial charge in [-0.25, -0.2) is 0 Å². The molecule has 0 aromatic heterocycles. The van der Waals surface area contributed by atoms with Crippen molar-refractivity contribution in [3.8, 4) is 5.75 Å². The number of hydrogen-bond donors (Lipinski definition) is 0. The van der Waals surface area contributed by atoms with Gasteiger partial charge in [0.1, 0.15) is 5.75 Å². The van der Waals surface area contributed by atoms with Crippen LogP contribution in [0, 0.1) is 0 Å². The van der Waals surface area contributed by atoms with Gasteiger partial charge in [0.05, 0.1) is 22.5 Å². The third-order valence-corrected chi connectivity index (χ3v) is 2.98. The molecule has 6 heteroatoms. The number of alkyl halides is 1. The summed E-state index contributed by atoms with van der Waals surface area (Å²) in [4.78, 5) is 22.8. The second-order valence-corrected chi connectivity index (χ2v) is 4.23. The summed E-state index contributed by atoms with van der Waals surface area (Å²) in [5, 5.41) is 0.324. The largest absolute Gasteiger partial charge is 0.495 e. The highest BCUT2D eigenvalue weighted by molar-refractivity contribution is 9.09. The van der Waals surface area contributed by atoms with Gasteiger partial charge >= 0.3 is 0 Å². The minimum atomic E-state index is -0.675. The van der Waals surface area contributed by atoms with Gasteiger partial charge in [-0.1, -0.05) is 39.1 Å². The van der Waals surface area contributed by atoms with E-state index in [0.29, 0.717) is 5.75 Å². The van der Waals surface area contributed by atoms with Crippen molar-refractivity contribution in [2.75, 3.05) is 12.4 Å². The van der Waals surface area contributed by atoms with Crippen LogP contribution in [0.1, 0.15) is 10.4 Å². The van der Waals surface area contributed by atoms with Gasteiger partial charge in [0.2, 0.25) is 11.6 Å². The van der Waals surface area contributed by atoms with Gasteiger partial charge in [-0.2, -0.15) is 0 Å². The van der Waals surface area contributed by atoms with Crippen LogP contribution in [0.25, 0.3) is 0 Å². The smallest absolute Gasteiger partial charge is 0.231 e. The average molecular weight is 326 g/mol. The van der Waals surface area contributed by atoms with E-state index in [0.717, 1.165) is 0 Å². The first-order chi connectivity index (χ1) is 7.51. The molecule has 0 atom stereocenters. The Kier molecular flexibility index (Phi) is 4.77. The molecule has 0 bridgehead atoms. The highest BCUT2D eigenvalue weighted by Gasteiger charge is 2.19. The van der Waals surface area contributed by atoms with Crippen molar-refractivity contribution in [2.45, 2.75) is 0 Å². The van der Waals surface area contributed by atoms with Crippen LogP contribution in [0.5, 0.6) is 5.75 Å². The number of carbonyl (C=O) groups excluding carboxylic acids is 2. The quantitative estimate of drug-likeness (QED) is 0.485. The van der Waals surface area contributed by atoms with Gasteiger partial charge in [0.25, 0.3) is 0 Å². The number of halogens is 3. The predicted octanol–water partition coefficient (Wildman–Crippen LogP) is 3.15. The molecule has 0 saturated heterocycles. The summed E-state index contributed by atoms with van der Waals surface area (Å²) in [5.74, 6) is -0.899. The first-order valence-electron chi connectivity index (χ1n) is 4.17. The van der Waals surface area contributed by atoms with E-state index in [1.807, 2.05) is 0 Å². The molecule has 0 aliphatic heterocycles. The van der Waals surface area contributed by atoms with E-state index in [1.165, 1.54) is 19.2 Å². The maximum Gasteiger partial charge on any atom is 0.231 e. The normalized spacial score (nSPS) is 10.0. The Labute approximate surface area is 111 Å². The molecule has 0 aliphatic rings. The Hall–Kier alpha value is -0.580. The van der Waals surface area contributed by atoms with E-state index in [-0.39, 0.29) is 20.9 Å². The Balaban J connectivity index is 3.21. The third-order valence-electron chi connectivity index (χ3n) is 1.86. The third kappa shape index (κ3) is 2.75. The average Bonchev–Trinajstić information content (AvgIpc) is 2.29. The van der Waals surface area contributed by atoms with E-state index >= 15 is 0 Å². The molecule has 0 heterocycles. The van der Waals surface area contributed by atoms with Crippen LogP contribution in [-0.2, 0) is 4.79 Å². The number of hydrogen-bond acceptors (Lipinski definition) is 3. The molecule has 0 unspecified atom stereocenters. The number of methoxy groups -OCH3 is 1. The summed E-state index contributed by atoms with van der Waals surface area (Å²) in [7, 11) is 1.43. The van der Waals surface area contributed by atoms with Crippen molar-refractivity contribution < 1.29 is 14.3 Å². The van der Waals surface area contributed by atoms with E-state index < -0.39 is 11.6 Å². The van der Waals surface area contributed by atoms with Crippen molar-refractivity contribution in [3.05, 3.63) is 27.7 Å². The fourth-order valence-electron chi connectivity index (χ4n) is 1.07. The molecular weight excluding hydrogens is 319 g/mol. The molecule has 0 saturated carbocycles. The van der Waals surface area contributed by atoms with Crippen molar-refractivity contribution in [1.29, 1.82) is 0 Å². The second-order valence-electron chi connectivity index (χ2n) is 2.85. The van der Waals surface area contributed by atoms with Gasteiger partial charge in [-0.05, 0) is 6.07 Å². The molecule has 16 heavy (non-hydrogen) atoms. The minimum Gasteiger partial charge on any atom is -0.495 e.